The predicted molar refractivity (Wildman–Crippen MR) is 188 cm³/mol. The van der Waals surface area contributed by atoms with E-state index in [9.17, 15) is 0 Å². The maximum Gasteiger partial charge on any atom is 0.0546 e. The summed E-state index contributed by atoms with van der Waals surface area (Å²) in [6.07, 6.45) is 0. The summed E-state index contributed by atoms with van der Waals surface area (Å²) in [6.45, 7) is 0. The largest absolute Gasteiger partial charge is 0.310 e. The summed E-state index contributed by atoms with van der Waals surface area (Å²) in [6, 6.07) is 65.1. The van der Waals surface area contributed by atoms with Crippen molar-refractivity contribution >= 4 is 66.4 Å². The second-order valence-corrected chi connectivity index (χ2v) is 11.1. The average molecular weight is 563 g/mol. The van der Waals surface area contributed by atoms with Crippen molar-refractivity contribution in [1.82, 2.24) is 0 Å². The maximum atomic E-state index is 2.39. The van der Waals surface area contributed by atoms with Crippen molar-refractivity contribution in [1.29, 1.82) is 0 Å². The molecule has 8 aromatic carbocycles. The molecule has 2 nitrogen and oxygen atoms in total. The Kier molecular flexibility index (Phi) is 6.51. The van der Waals surface area contributed by atoms with Gasteiger partial charge in [0.15, 0.2) is 0 Å². The highest BCUT2D eigenvalue weighted by Gasteiger charge is 2.18. The van der Waals surface area contributed by atoms with Crippen LogP contribution in [0.4, 0.5) is 34.1 Å². The molecule has 0 fully saturated rings. The van der Waals surface area contributed by atoms with Crippen molar-refractivity contribution in [2.45, 2.75) is 0 Å². The second kappa shape index (κ2) is 11.1. The molecule has 0 aromatic heterocycles. The highest BCUT2D eigenvalue weighted by atomic mass is 15.1. The van der Waals surface area contributed by atoms with Gasteiger partial charge in [-0.05, 0) is 93.7 Å². The molecule has 8 aromatic rings. The van der Waals surface area contributed by atoms with Gasteiger partial charge in [0.25, 0.3) is 0 Å². The van der Waals surface area contributed by atoms with Gasteiger partial charge in [0, 0.05) is 33.8 Å². The standard InChI is InChI=1S/C42H30N2/c1-4-15-34(16-5-1)43(35-17-6-2-7-18-35)37-26-24-32-29-38(27-25-31(32)28-37)44(36-19-8-3-9-20-36)42-30-33-14-10-11-21-39(33)40-22-12-13-23-41(40)42/h1-30H. The fourth-order valence-electron chi connectivity index (χ4n) is 6.32. The molecule has 0 aliphatic rings. The summed E-state index contributed by atoms with van der Waals surface area (Å²) >= 11 is 0. The van der Waals surface area contributed by atoms with Crippen molar-refractivity contribution in [3.63, 3.8) is 0 Å². The Bertz CT molecular complexity index is 2190. The van der Waals surface area contributed by atoms with Crippen molar-refractivity contribution in [3.8, 4) is 0 Å². The lowest BCUT2D eigenvalue weighted by Gasteiger charge is -2.28. The summed E-state index contributed by atoms with van der Waals surface area (Å²) < 4.78 is 0. The van der Waals surface area contributed by atoms with E-state index in [4.69, 9.17) is 0 Å². The van der Waals surface area contributed by atoms with Crippen LogP contribution in [0, 0.1) is 0 Å². The van der Waals surface area contributed by atoms with Gasteiger partial charge in [-0.15, -0.1) is 0 Å². The summed E-state index contributed by atoms with van der Waals surface area (Å²) in [5.41, 5.74) is 6.81. The zero-order valence-corrected chi connectivity index (χ0v) is 24.2. The molecule has 0 N–H and O–H groups in total. The van der Waals surface area contributed by atoms with Crippen molar-refractivity contribution in [3.05, 3.63) is 182 Å². The van der Waals surface area contributed by atoms with Gasteiger partial charge in [-0.1, -0.05) is 115 Å². The van der Waals surface area contributed by atoms with Gasteiger partial charge in [0.2, 0.25) is 0 Å². The number of hydrogen-bond donors (Lipinski definition) is 0. The monoisotopic (exact) mass is 562 g/mol. The van der Waals surface area contributed by atoms with E-state index in [1.165, 1.54) is 38.0 Å². The summed E-state index contributed by atoms with van der Waals surface area (Å²) in [5.74, 6) is 0. The minimum atomic E-state index is 1.12. The van der Waals surface area contributed by atoms with E-state index in [0.29, 0.717) is 0 Å². The quantitative estimate of drug-likeness (QED) is 0.186. The fourth-order valence-corrected chi connectivity index (χ4v) is 6.32. The van der Waals surface area contributed by atoms with Gasteiger partial charge < -0.3 is 9.80 Å². The summed E-state index contributed by atoms with van der Waals surface area (Å²) in [4.78, 5) is 4.70. The first-order chi connectivity index (χ1) is 21.8. The zero-order chi connectivity index (χ0) is 29.3. The highest BCUT2D eigenvalue weighted by molar-refractivity contribution is 6.14. The number of rotatable bonds is 6. The van der Waals surface area contributed by atoms with Crippen LogP contribution in [0.15, 0.2) is 182 Å². The van der Waals surface area contributed by atoms with Gasteiger partial charge >= 0.3 is 0 Å². The van der Waals surface area contributed by atoms with E-state index in [0.717, 1.165) is 28.4 Å². The Morgan fingerprint density at radius 1 is 0.250 bits per heavy atom. The number of fused-ring (bicyclic) bond motifs is 4. The number of anilines is 6. The SMILES string of the molecule is c1ccc(N(c2ccccc2)c2ccc3cc(N(c4ccccc4)c4cc5ccccc5c5ccccc45)ccc3c2)cc1. The molecule has 0 amide bonds. The molecule has 0 aliphatic carbocycles. The Morgan fingerprint density at radius 2 is 0.682 bits per heavy atom. The molecule has 0 radical (unpaired) electrons. The van der Waals surface area contributed by atoms with E-state index >= 15 is 0 Å². The van der Waals surface area contributed by atoms with Crippen LogP contribution in [0.5, 0.6) is 0 Å². The Balaban J connectivity index is 1.29. The second-order valence-electron chi connectivity index (χ2n) is 11.1. The molecule has 0 heterocycles. The van der Waals surface area contributed by atoms with Gasteiger partial charge in [0.1, 0.15) is 0 Å². The Hall–Kier alpha value is -5.86. The number of para-hydroxylation sites is 3. The van der Waals surface area contributed by atoms with Crippen LogP contribution in [-0.4, -0.2) is 0 Å². The average Bonchev–Trinajstić information content (AvgIpc) is 3.10. The van der Waals surface area contributed by atoms with Crippen LogP contribution in [-0.2, 0) is 0 Å². The number of benzene rings is 8. The van der Waals surface area contributed by atoms with E-state index in [-0.39, 0.29) is 0 Å². The number of nitrogens with zero attached hydrogens (tertiary/aromatic N) is 2. The molecule has 0 saturated heterocycles. The van der Waals surface area contributed by atoms with Crippen molar-refractivity contribution in [2.75, 3.05) is 9.80 Å². The first kappa shape index (κ1) is 25.8. The molecule has 8 rings (SSSR count). The first-order valence-corrected chi connectivity index (χ1v) is 15.0. The summed E-state index contributed by atoms with van der Waals surface area (Å²) in [5, 5.41) is 7.38. The minimum absolute atomic E-state index is 1.12. The Morgan fingerprint density at radius 3 is 1.25 bits per heavy atom. The van der Waals surface area contributed by atoms with Gasteiger partial charge in [-0.2, -0.15) is 0 Å². The third kappa shape index (κ3) is 4.63. The third-order valence-corrected chi connectivity index (χ3v) is 8.35. The molecule has 0 unspecified atom stereocenters. The van der Waals surface area contributed by atoms with Crippen LogP contribution < -0.4 is 9.80 Å². The molecule has 0 bridgehead atoms. The van der Waals surface area contributed by atoms with Gasteiger partial charge in [-0.25, -0.2) is 0 Å². The van der Waals surface area contributed by atoms with Crippen molar-refractivity contribution < 1.29 is 0 Å². The van der Waals surface area contributed by atoms with Crippen LogP contribution in [0.3, 0.4) is 0 Å². The molecular weight excluding hydrogens is 532 g/mol. The molecule has 0 aliphatic heterocycles. The number of hydrogen-bond acceptors (Lipinski definition) is 2. The molecule has 44 heavy (non-hydrogen) atoms. The molecular formula is C42H30N2. The maximum absolute atomic E-state index is 2.39. The predicted octanol–water partition coefficient (Wildman–Crippen LogP) is 12.1. The topological polar surface area (TPSA) is 6.48 Å². The van der Waals surface area contributed by atoms with E-state index < -0.39 is 0 Å². The normalized spacial score (nSPS) is 11.2. The van der Waals surface area contributed by atoms with Crippen molar-refractivity contribution in [2.24, 2.45) is 0 Å². The lowest BCUT2D eigenvalue weighted by molar-refractivity contribution is 1.29. The molecule has 0 spiro atoms. The smallest absolute Gasteiger partial charge is 0.0546 e. The fraction of sp³-hybridized carbons (Fsp3) is 0. The van der Waals surface area contributed by atoms with E-state index in [2.05, 4.69) is 192 Å². The highest BCUT2D eigenvalue weighted by Crippen LogP contribution is 2.43. The lowest BCUT2D eigenvalue weighted by Crippen LogP contribution is -2.11. The summed E-state index contributed by atoms with van der Waals surface area (Å²) in [7, 11) is 0. The van der Waals surface area contributed by atoms with Crippen LogP contribution in [0.1, 0.15) is 0 Å². The first-order valence-electron chi connectivity index (χ1n) is 15.0. The van der Waals surface area contributed by atoms with Gasteiger partial charge in [0.05, 0.1) is 5.69 Å². The van der Waals surface area contributed by atoms with Crippen LogP contribution in [0.2, 0.25) is 0 Å². The van der Waals surface area contributed by atoms with Gasteiger partial charge in [-0.3, -0.25) is 0 Å². The third-order valence-electron chi connectivity index (χ3n) is 8.35. The molecule has 0 saturated carbocycles. The lowest BCUT2D eigenvalue weighted by atomic mass is 9.98. The Labute approximate surface area is 257 Å². The zero-order valence-electron chi connectivity index (χ0n) is 24.2. The molecule has 208 valence electrons. The minimum Gasteiger partial charge on any atom is -0.310 e. The van der Waals surface area contributed by atoms with E-state index in [1.807, 2.05) is 0 Å². The van der Waals surface area contributed by atoms with Crippen LogP contribution >= 0.6 is 0 Å². The van der Waals surface area contributed by atoms with E-state index in [1.54, 1.807) is 0 Å². The van der Waals surface area contributed by atoms with Crippen LogP contribution in [0.25, 0.3) is 32.3 Å². The molecule has 0 atom stereocenters. The molecule has 2 heteroatoms.